The highest BCUT2D eigenvalue weighted by molar-refractivity contribution is 7.90. The van der Waals surface area contributed by atoms with Crippen molar-refractivity contribution in [2.75, 3.05) is 6.61 Å². The van der Waals surface area contributed by atoms with E-state index in [1.54, 1.807) is 6.07 Å². The molecule has 1 amide bonds. The molecule has 0 radical (unpaired) electrons. The molecule has 0 bridgehead atoms. The van der Waals surface area contributed by atoms with Gasteiger partial charge in [0, 0.05) is 12.3 Å². The molecule has 0 spiro atoms. The number of nitrogens with zero attached hydrogens (tertiary/aromatic N) is 3. The molecule has 3 aromatic rings. The number of aliphatic hydroxyl groups excluding tert-OH is 1. The standard InChI is InChI=1S/C21H18ClF3N4O5S/c22-18-14(19(31)28-35(32,33)13-4-2-1-3-5-13)6-7-16(26-18)29-11-8-17(27-29)34-12-15(30)20(9-10-20)21(23,24)25/h1-8,11,15,30H,9-10,12H2,(H,28,31). The van der Waals surface area contributed by atoms with Gasteiger partial charge in [0.05, 0.1) is 15.9 Å². The molecule has 4 rings (SSSR count). The molecule has 1 unspecified atom stereocenters. The zero-order valence-electron chi connectivity index (χ0n) is 17.7. The first-order valence-electron chi connectivity index (χ1n) is 10.2. The van der Waals surface area contributed by atoms with Gasteiger partial charge in [0.1, 0.15) is 17.9 Å². The van der Waals surface area contributed by atoms with Crippen LogP contribution < -0.4 is 9.46 Å². The van der Waals surface area contributed by atoms with Gasteiger partial charge in [-0.3, -0.25) is 4.79 Å². The first-order valence-corrected chi connectivity index (χ1v) is 12.0. The summed E-state index contributed by atoms with van der Waals surface area (Å²) >= 11 is 6.08. The third-order valence-corrected chi connectivity index (χ3v) is 7.17. The van der Waals surface area contributed by atoms with E-state index >= 15 is 0 Å². The van der Waals surface area contributed by atoms with Gasteiger partial charge in [0.25, 0.3) is 15.9 Å². The van der Waals surface area contributed by atoms with Crippen molar-refractivity contribution in [2.24, 2.45) is 5.41 Å². The minimum atomic E-state index is -4.52. The van der Waals surface area contributed by atoms with E-state index in [9.17, 15) is 31.5 Å². The predicted octanol–water partition coefficient (Wildman–Crippen LogP) is 3.12. The quantitative estimate of drug-likeness (QED) is 0.429. The summed E-state index contributed by atoms with van der Waals surface area (Å²) in [6.45, 7) is -0.598. The minimum Gasteiger partial charge on any atom is -0.474 e. The maximum Gasteiger partial charge on any atom is 0.397 e. The largest absolute Gasteiger partial charge is 0.474 e. The number of sulfonamides is 1. The Labute approximate surface area is 202 Å². The number of aliphatic hydroxyl groups is 1. The average Bonchev–Trinajstić information content (AvgIpc) is 3.50. The van der Waals surface area contributed by atoms with Crippen LogP contribution in [0.4, 0.5) is 13.2 Å². The fraction of sp³-hybridized carbons (Fsp3) is 0.286. The number of ether oxygens (including phenoxy) is 1. The van der Waals surface area contributed by atoms with Crippen LogP contribution in [0.5, 0.6) is 5.88 Å². The van der Waals surface area contributed by atoms with Crippen LogP contribution in [0.1, 0.15) is 23.2 Å². The van der Waals surface area contributed by atoms with Gasteiger partial charge >= 0.3 is 6.18 Å². The molecule has 14 heteroatoms. The lowest BCUT2D eigenvalue weighted by Crippen LogP contribution is -2.39. The second-order valence-corrected chi connectivity index (χ2v) is 9.88. The summed E-state index contributed by atoms with van der Waals surface area (Å²) in [4.78, 5) is 16.4. The number of nitrogens with one attached hydrogen (secondary N) is 1. The summed E-state index contributed by atoms with van der Waals surface area (Å²) < 4.78 is 72.2. The Kier molecular flexibility index (Phi) is 6.51. The lowest BCUT2D eigenvalue weighted by Gasteiger charge is -2.24. The normalized spacial score (nSPS) is 15.9. The van der Waals surface area contributed by atoms with Gasteiger partial charge < -0.3 is 9.84 Å². The third-order valence-electron chi connectivity index (χ3n) is 5.54. The van der Waals surface area contributed by atoms with Crippen LogP contribution in [-0.4, -0.2) is 53.1 Å². The van der Waals surface area contributed by atoms with Gasteiger partial charge in [-0.15, -0.1) is 5.10 Å². The van der Waals surface area contributed by atoms with E-state index in [2.05, 4.69) is 10.1 Å². The van der Waals surface area contributed by atoms with Crippen LogP contribution in [0.2, 0.25) is 5.15 Å². The fourth-order valence-electron chi connectivity index (χ4n) is 3.33. The summed E-state index contributed by atoms with van der Waals surface area (Å²) in [7, 11) is -4.12. The Morgan fingerprint density at radius 3 is 2.49 bits per heavy atom. The molecule has 1 aromatic carbocycles. The lowest BCUT2D eigenvalue weighted by atomic mass is 9.99. The van der Waals surface area contributed by atoms with E-state index in [0.717, 1.165) is 0 Å². The van der Waals surface area contributed by atoms with Crippen LogP contribution in [0.15, 0.2) is 59.6 Å². The number of benzene rings is 1. The maximum absolute atomic E-state index is 13.1. The number of carbonyl (C=O) groups is 1. The lowest BCUT2D eigenvalue weighted by molar-refractivity contribution is -0.217. The van der Waals surface area contributed by atoms with Gasteiger partial charge in [-0.05, 0) is 37.1 Å². The molecule has 35 heavy (non-hydrogen) atoms. The molecule has 1 fully saturated rings. The summed E-state index contributed by atoms with van der Waals surface area (Å²) in [5.41, 5.74) is -2.35. The molecule has 186 valence electrons. The van der Waals surface area contributed by atoms with Gasteiger partial charge in [0.2, 0.25) is 5.88 Å². The van der Waals surface area contributed by atoms with Crippen molar-refractivity contribution in [3.05, 3.63) is 65.4 Å². The second kappa shape index (κ2) is 9.13. The number of halogens is 4. The SMILES string of the molecule is O=C(NS(=O)(=O)c1ccccc1)c1ccc(-n2ccc(OCC(O)C3(C(F)(F)F)CC3)n2)nc1Cl. The summed E-state index contributed by atoms with van der Waals surface area (Å²) in [5, 5.41) is 13.7. The van der Waals surface area contributed by atoms with E-state index in [0.29, 0.717) is 0 Å². The molecule has 9 nitrogen and oxygen atoms in total. The Morgan fingerprint density at radius 2 is 1.89 bits per heavy atom. The fourth-order valence-corrected chi connectivity index (χ4v) is 4.56. The molecule has 1 aliphatic rings. The zero-order valence-corrected chi connectivity index (χ0v) is 19.3. The van der Waals surface area contributed by atoms with E-state index in [1.165, 1.54) is 53.3 Å². The number of carbonyl (C=O) groups excluding carboxylic acids is 1. The molecular weight excluding hydrogens is 513 g/mol. The van der Waals surface area contributed by atoms with Gasteiger partial charge in [-0.1, -0.05) is 29.8 Å². The molecule has 2 heterocycles. The molecule has 0 aliphatic heterocycles. The molecule has 1 atom stereocenters. The average molecular weight is 531 g/mol. The second-order valence-electron chi connectivity index (χ2n) is 7.83. The molecular formula is C21H18ClF3N4O5S. The number of alkyl halides is 3. The van der Waals surface area contributed by atoms with Gasteiger partial charge in [-0.2, -0.15) is 13.2 Å². The Hall–Kier alpha value is -3.16. The van der Waals surface area contributed by atoms with Crippen molar-refractivity contribution in [1.29, 1.82) is 0 Å². The summed E-state index contributed by atoms with van der Waals surface area (Å²) in [6, 6.07) is 11.2. The van der Waals surface area contributed by atoms with E-state index in [1.807, 2.05) is 4.72 Å². The smallest absolute Gasteiger partial charge is 0.397 e. The molecule has 0 saturated heterocycles. The highest BCUT2D eigenvalue weighted by atomic mass is 35.5. The maximum atomic E-state index is 13.1. The van der Waals surface area contributed by atoms with Crippen molar-refractivity contribution >= 4 is 27.5 Å². The van der Waals surface area contributed by atoms with Gasteiger partial charge in [0.15, 0.2) is 5.82 Å². The summed E-state index contributed by atoms with van der Waals surface area (Å²) in [5.74, 6) is -0.924. The predicted molar refractivity (Wildman–Crippen MR) is 117 cm³/mol. The van der Waals surface area contributed by atoms with Crippen LogP contribution in [-0.2, 0) is 10.0 Å². The van der Waals surface area contributed by atoms with E-state index in [-0.39, 0.29) is 40.2 Å². The van der Waals surface area contributed by atoms with Crippen molar-refractivity contribution in [1.82, 2.24) is 19.5 Å². The highest BCUT2D eigenvalue weighted by Crippen LogP contribution is 2.59. The number of rotatable bonds is 8. The van der Waals surface area contributed by atoms with E-state index in [4.69, 9.17) is 16.3 Å². The molecule has 2 aromatic heterocycles. The van der Waals surface area contributed by atoms with E-state index < -0.39 is 40.2 Å². The van der Waals surface area contributed by atoms with Crippen LogP contribution in [0.3, 0.4) is 0 Å². The minimum absolute atomic E-state index is 0.0595. The third kappa shape index (κ3) is 5.11. The number of pyridine rings is 1. The van der Waals surface area contributed by atoms with Crippen molar-refractivity contribution < 1.29 is 36.2 Å². The first kappa shape index (κ1) is 24.9. The topological polar surface area (TPSA) is 123 Å². The first-order chi connectivity index (χ1) is 16.4. The number of hydrogen-bond donors (Lipinski definition) is 2. The molecule has 1 aliphatic carbocycles. The van der Waals surface area contributed by atoms with Crippen molar-refractivity contribution in [3.8, 4) is 11.7 Å². The zero-order chi connectivity index (χ0) is 25.4. The van der Waals surface area contributed by atoms with Gasteiger partial charge in [-0.25, -0.2) is 22.8 Å². The van der Waals surface area contributed by atoms with Crippen LogP contribution >= 0.6 is 11.6 Å². The summed E-state index contributed by atoms with van der Waals surface area (Å²) in [6.07, 6.45) is -5.19. The monoisotopic (exact) mass is 530 g/mol. The number of hydrogen-bond acceptors (Lipinski definition) is 7. The highest BCUT2D eigenvalue weighted by Gasteiger charge is 2.67. The molecule has 2 N–H and O–H groups in total. The number of amides is 1. The van der Waals surface area contributed by atoms with Crippen LogP contribution in [0.25, 0.3) is 5.82 Å². The van der Waals surface area contributed by atoms with Crippen LogP contribution in [0, 0.1) is 5.41 Å². The Bertz CT molecular complexity index is 1340. The molecule has 1 saturated carbocycles. The Balaban J connectivity index is 1.42. The number of aromatic nitrogens is 3. The van der Waals surface area contributed by atoms with Crippen molar-refractivity contribution in [2.45, 2.75) is 30.0 Å². The van der Waals surface area contributed by atoms with Crippen molar-refractivity contribution in [3.63, 3.8) is 0 Å². The Morgan fingerprint density at radius 1 is 1.20 bits per heavy atom.